The van der Waals surface area contributed by atoms with Gasteiger partial charge in [-0.15, -0.1) is 0 Å². The highest BCUT2D eigenvalue weighted by molar-refractivity contribution is 6.11. The molecule has 0 radical (unpaired) electrons. The van der Waals surface area contributed by atoms with Crippen LogP contribution in [0.15, 0.2) is 83.9 Å². The minimum atomic E-state index is 0.629. The lowest BCUT2D eigenvalue weighted by Crippen LogP contribution is -2.31. The second-order valence-electron chi connectivity index (χ2n) is 9.06. The van der Waals surface area contributed by atoms with Crippen LogP contribution in [0.2, 0.25) is 0 Å². The van der Waals surface area contributed by atoms with Crippen molar-refractivity contribution < 1.29 is 0 Å². The monoisotopic (exact) mass is 455 g/mol. The highest BCUT2D eigenvalue weighted by Gasteiger charge is 2.29. The second-order valence-corrected chi connectivity index (χ2v) is 9.06. The normalized spacial score (nSPS) is 13.4. The van der Waals surface area contributed by atoms with Crippen LogP contribution in [0.25, 0.3) is 16.7 Å². The minimum absolute atomic E-state index is 0.629. The number of hydrogen-bond acceptors (Lipinski definition) is 4. The van der Waals surface area contributed by atoms with E-state index in [4.69, 9.17) is 9.98 Å². The van der Waals surface area contributed by atoms with Gasteiger partial charge in [-0.05, 0) is 37.1 Å². The molecule has 1 aliphatic rings. The van der Waals surface area contributed by atoms with Crippen LogP contribution in [-0.2, 0) is 6.42 Å². The molecule has 0 bridgehead atoms. The lowest BCUT2D eigenvalue weighted by molar-refractivity contribution is 0.959. The molecule has 170 valence electrons. The molecule has 1 aliphatic heterocycles. The van der Waals surface area contributed by atoms with Gasteiger partial charge in [0.25, 0.3) is 0 Å². The standard InChI is InChI=1S/C30H25N5/c1-20-12-14-22(15-13-20)18-24-21(2)25(19-31)29-33-26-10-6-7-11-27(26)35(29)30(24)34-17-16-32-28(34)23-8-4-3-5-9-23/h3-15H,16-18H2,1-2H3. The number of anilines is 1. The molecule has 0 spiro atoms. The summed E-state index contributed by atoms with van der Waals surface area (Å²) >= 11 is 0. The predicted molar refractivity (Wildman–Crippen MR) is 141 cm³/mol. The molecule has 0 unspecified atom stereocenters. The van der Waals surface area contributed by atoms with Crippen molar-refractivity contribution in [3.8, 4) is 6.07 Å². The quantitative estimate of drug-likeness (QED) is 0.342. The lowest BCUT2D eigenvalue weighted by atomic mass is 9.96. The number of hydrogen-bond donors (Lipinski definition) is 0. The molecule has 0 saturated heterocycles. The van der Waals surface area contributed by atoms with Crippen molar-refractivity contribution in [2.75, 3.05) is 18.0 Å². The number of aromatic nitrogens is 2. The number of rotatable bonds is 4. The van der Waals surface area contributed by atoms with E-state index in [1.807, 2.05) is 36.4 Å². The summed E-state index contributed by atoms with van der Waals surface area (Å²) < 4.78 is 2.17. The van der Waals surface area contributed by atoms with E-state index in [1.54, 1.807) is 0 Å². The Kier molecular flexibility index (Phi) is 5.08. The van der Waals surface area contributed by atoms with Crippen LogP contribution in [0.4, 0.5) is 5.82 Å². The summed E-state index contributed by atoms with van der Waals surface area (Å²) in [4.78, 5) is 12.1. The molecule has 35 heavy (non-hydrogen) atoms. The van der Waals surface area contributed by atoms with Crippen molar-refractivity contribution in [2.45, 2.75) is 20.3 Å². The Bertz CT molecular complexity index is 1640. The summed E-state index contributed by atoms with van der Waals surface area (Å²) in [5.74, 6) is 2.00. The van der Waals surface area contributed by atoms with E-state index in [9.17, 15) is 5.26 Å². The highest BCUT2D eigenvalue weighted by atomic mass is 15.3. The first kappa shape index (κ1) is 21.1. The van der Waals surface area contributed by atoms with Gasteiger partial charge in [-0.25, -0.2) is 4.98 Å². The van der Waals surface area contributed by atoms with Crippen molar-refractivity contribution in [1.82, 2.24) is 9.38 Å². The third-order valence-corrected chi connectivity index (χ3v) is 6.84. The van der Waals surface area contributed by atoms with Crippen molar-refractivity contribution >= 4 is 28.3 Å². The van der Waals surface area contributed by atoms with E-state index in [0.717, 1.165) is 58.9 Å². The maximum atomic E-state index is 10.2. The molecule has 0 N–H and O–H groups in total. The van der Waals surface area contributed by atoms with Gasteiger partial charge in [-0.2, -0.15) is 5.26 Å². The summed E-state index contributed by atoms with van der Waals surface area (Å²) in [5, 5.41) is 10.2. The van der Waals surface area contributed by atoms with Crippen LogP contribution in [0.1, 0.15) is 33.4 Å². The molecule has 5 nitrogen and oxygen atoms in total. The number of pyridine rings is 1. The van der Waals surface area contributed by atoms with Gasteiger partial charge < -0.3 is 4.90 Å². The predicted octanol–water partition coefficient (Wildman–Crippen LogP) is 5.83. The largest absolute Gasteiger partial charge is 0.310 e. The number of aryl methyl sites for hydroxylation is 1. The Hall–Kier alpha value is -4.43. The molecular weight excluding hydrogens is 430 g/mol. The van der Waals surface area contributed by atoms with Gasteiger partial charge in [0.15, 0.2) is 5.65 Å². The molecule has 0 amide bonds. The van der Waals surface area contributed by atoms with Gasteiger partial charge in [-0.3, -0.25) is 9.39 Å². The zero-order valence-electron chi connectivity index (χ0n) is 19.9. The van der Waals surface area contributed by atoms with Crippen LogP contribution >= 0.6 is 0 Å². The fourth-order valence-corrected chi connectivity index (χ4v) is 5.06. The summed E-state index contributed by atoms with van der Waals surface area (Å²) in [6, 6.07) is 29.6. The molecule has 0 fully saturated rings. The topological polar surface area (TPSA) is 56.7 Å². The van der Waals surface area contributed by atoms with Gasteiger partial charge in [0, 0.05) is 24.1 Å². The van der Waals surface area contributed by atoms with Crippen LogP contribution in [0.5, 0.6) is 0 Å². The average Bonchev–Trinajstić information content (AvgIpc) is 3.52. The van der Waals surface area contributed by atoms with Gasteiger partial charge in [0.1, 0.15) is 17.7 Å². The van der Waals surface area contributed by atoms with Gasteiger partial charge in [-0.1, -0.05) is 72.3 Å². The highest BCUT2D eigenvalue weighted by Crippen LogP contribution is 2.36. The van der Waals surface area contributed by atoms with Gasteiger partial charge >= 0.3 is 0 Å². The van der Waals surface area contributed by atoms with E-state index < -0.39 is 0 Å². The smallest absolute Gasteiger partial charge is 0.157 e. The summed E-state index contributed by atoms with van der Waals surface area (Å²) in [5.41, 5.74) is 8.86. The fraction of sp³-hybridized carbons (Fsp3) is 0.167. The molecule has 0 aliphatic carbocycles. The molecular formula is C30H25N5. The Morgan fingerprint density at radius 2 is 1.66 bits per heavy atom. The number of nitriles is 1. The second kappa shape index (κ2) is 8.41. The van der Waals surface area contributed by atoms with E-state index in [2.05, 4.69) is 71.7 Å². The number of para-hydroxylation sites is 2. The van der Waals surface area contributed by atoms with Crippen molar-refractivity contribution in [3.63, 3.8) is 0 Å². The number of nitrogens with zero attached hydrogens (tertiary/aromatic N) is 5. The maximum absolute atomic E-state index is 10.2. The number of benzene rings is 3. The molecule has 6 rings (SSSR count). The summed E-state index contributed by atoms with van der Waals surface area (Å²) in [6.45, 7) is 5.66. The Morgan fingerprint density at radius 1 is 0.914 bits per heavy atom. The summed E-state index contributed by atoms with van der Waals surface area (Å²) in [6.07, 6.45) is 0.719. The first-order chi connectivity index (χ1) is 17.2. The Balaban J connectivity index is 1.68. The van der Waals surface area contributed by atoms with Crippen molar-refractivity contribution in [3.05, 3.63) is 112 Å². The molecule has 2 aromatic heterocycles. The third-order valence-electron chi connectivity index (χ3n) is 6.84. The van der Waals surface area contributed by atoms with E-state index in [0.29, 0.717) is 11.2 Å². The zero-order valence-corrected chi connectivity index (χ0v) is 19.9. The SMILES string of the molecule is Cc1ccc(Cc2c(C)c(C#N)c3nc4ccccc4n3c2N2CCN=C2c2ccccc2)cc1. The minimum Gasteiger partial charge on any atom is -0.310 e. The fourth-order valence-electron chi connectivity index (χ4n) is 5.06. The number of aliphatic imine (C=N–C) groups is 1. The van der Waals surface area contributed by atoms with Crippen molar-refractivity contribution in [2.24, 2.45) is 4.99 Å². The van der Waals surface area contributed by atoms with Crippen LogP contribution < -0.4 is 4.90 Å². The van der Waals surface area contributed by atoms with Gasteiger partial charge in [0.05, 0.1) is 23.1 Å². The number of amidine groups is 1. The van der Waals surface area contributed by atoms with Crippen LogP contribution in [0, 0.1) is 25.2 Å². The summed E-state index contributed by atoms with van der Waals surface area (Å²) in [7, 11) is 0. The molecule has 0 saturated carbocycles. The zero-order chi connectivity index (χ0) is 23.9. The Labute approximate surface area is 204 Å². The van der Waals surface area contributed by atoms with E-state index in [-0.39, 0.29) is 0 Å². The van der Waals surface area contributed by atoms with Crippen LogP contribution in [-0.4, -0.2) is 28.3 Å². The van der Waals surface area contributed by atoms with Crippen molar-refractivity contribution in [1.29, 1.82) is 5.26 Å². The van der Waals surface area contributed by atoms with E-state index in [1.165, 1.54) is 11.1 Å². The molecule has 3 heterocycles. The maximum Gasteiger partial charge on any atom is 0.157 e. The number of imidazole rings is 1. The van der Waals surface area contributed by atoms with Gasteiger partial charge in [0.2, 0.25) is 0 Å². The lowest BCUT2D eigenvalue weighted by Gasteiger charge is -2.27. The molecule has 5 aromatic rings. The molecule has 3 aromatic carbocycles. The van der Waals surface area contributed by atoms with E-state index >= 15 is 0 Å². The first-order valence-electron chi connectivity index (χ1n) is 11.9. The first-order valence-corrected chi connectivity index (χ1v) is 11.9. The average molecular weight is 456 g/mol. The molecule has 0 atom stereocenters. The van der Waals surface area contributed by atoms with Crippen LogP contribution in [0.3, 0.4) is 0 Å². The third kappa shape index (κ3) is 3.46. The number of fused-ring (bicyclic) bond motifs is 3. The Morgan fingerprint density at radius 3 is 2.43 bits per heavy atom. The molecule has 5 heteroatoms.